The van der Waals surface area contributed by atoms with Gasteiger partial charge in [0.2, 0.25) is 0 Å². The molecule has 14 heavy (non-hydrogen) atoms. The molecule has 0 aliphatic heterocycles. The summed E-state index contributed by atoms with van der Waals surface area (Å²) in [5.41, 5.74) is 2.97. The average molecular weight is 256 g/mol. The van der Waals surface area contributed by atoms with Gasteiger partial charge in [0.1, 0.15) is 0 Å². The minimum atomic E-state index is 0. The van der Waals surface area contributed by atoms with Gasteiger partial charge in [0.05, 0.1) is 0 Å². The number of hydrogen-bond donors (Lipinski definition) is 0. The first kappa shape index (κ1) is 11.5. The second-order valence-electron chi connectivity index (χ2n) is 2.95. The average Bonchev–Trinajstić information content (AvgIpc) is 2.19. The Balaban J connectivity index is 0.000000980. The Hall–Kier alpha value is -0.526. The van der Waals surface area contributed by atoms with Crippen LogP contribution in [0.1, 0.15) is 11.1 Å². The fraction of sp³-hybridized carbons (Fsp3) is 0.0833. The summed E-state index contributed by atoms with van der Waals surface area (Å²) in [5, 5.41) is 1.14. The zero-order chi connectivity index (χ0) is 9.26. The van der Waals surface area contributed by atoms with Crippen LogP contribution in [0.4, 0.5) is 0 Å². The molecule has 0 fully saturated rings. The van der Waals surface area contributed by atoms with Crippen molar-refractivity contribution in [3.63, 3.8) is 0 Å². The molecule has 67 valence electrons. The minimum absolute atomic E-state index is 0. The van der Waals surface area contributed by atoms with Crippen LogP contribution < -0.4 is 0 Å². The van der Waals surface area contributed by atoms with Crippen LogP contribution in [0.25, 0.3) is 17.0 Å². The summed E-state index contributed by atoms with van der Waals surface area (Å²) >= 11 is 0. The second kappa shape index (κ2) is 4.81. The van der Waals surface area contributed by atoms with E-state index in [1.54, 1.807) is 0 Å². The van der Waals surface area contributed by atoms with Gasteiger partial charge in [-0.05, 0) is 5.52 Å². The summed E-state index contributed by atoms with van der Waals surface area (Å²) in [6.07, 6.45) is 4.44. The molecule has 0 bridgehead atoms. The first-order valence-corrected chi connectivity index (χ1v) is 4.15. The van der Waals surface area contributed by atoms with Crippen LogP contribution in [0.3, 0.4) is 0 Å². The molecule has 2 rings (SSSR count). The van der Waals surface area contributed by atoms with E-state index < -0.39 is 0 Å². The number of benzene rings is 1. The van der Waals surface area contributed by atoms with E-state index in [4.69, 9.17) is 6.58 Å². The van der Waals surface area contributed by atoms with Crippen molar-refractivity contribution in [3.8, 4) is 0 Å². The topological polar surface area (TPSA) is 12.9 Å². The third kappa shape index (κ3) is 1.94. The molecule has 2 heteroatoms. The van der Waals surface area contributed by atoms with Crippen LogP contribution in [-0.2, 0) is 32.7 Å². The summed E-state index contributed by atoms with van der Waals surface area (Å²) < 4.78 is 0. The number of pyridine rings is 1. The molecule has 1 radical (unpaired) electrons. The van der Waals surface area contributed by atoms with Crippen molar-refractivity contribution in [2.45, 2.75) is 6.92 Å². The fourth-order valence-electron chi connectivity index (χ4n) is 1.40. The Kier molecular flexibility index (Phi) is 3.97. The molecule has 1 aromatic heterocycles. The maximum absolute atomic E-state index is 5.45. The standard InChI is InChI=1S/C12H9N.Y/c1-3-10-8-13-12-7-5-4-6-11(12)9(10)2;/h1,3-7H,2H3;/q-2;. The van der Waals surface area contributed by atoms with Gasteiger partial charge in [0.15, 0.2) is 0 Å². The number of aromatic nitrogens is 1. The number of hydrogen-bond acceptors (Lipinski definition) is 1. The Bertz CT molecular complexity index is 463. The van der Waals surface area contributed by atoms with E-state index in [9.17, 15) is 0 Å². The normalized spacial score (nSPS) is 9.50. The van der Waals surface area contributed by atoms with Gasteiger partial charge < -0.3 is 17.6 Å². The fourth-order valence-corrected chi connectivity index (χ4v) is 1.40. The van der Waals surface area contributed by atoms with E-state index in [1.165, 1.54) is 6.08 Å². The summed E-state index contributed by atoms with van der Waals surface area (Å²) in [6.45, 7) is 7.47. The maximum Gasteiger partial charge on any atom is 0 e. The van der Waals surface area contributed by atoms with E-state index in [-0.39, 0.29) is 32.7 Å². The molecular weight excluding hydrogens is 247 g/mol. The van der Waals surface area contributed by atoms with Gasteiger partial charge in [0.25, 0.3) is 0 Å². The Labute approximate surface area is 109 Å². The van der Waals surface area contributed by atoms with Crippen LogP contribution in [0.5, 0.6) is 0 Å². The molecule has 1 heterocycles. The molecule has 0 saturated carbocycles. The molecule has 0 aliphatic carbocycles. The van der Waals surface area contributed by atoms with Gasteiger partial charge in [-0.2, -0.15) is 0 Å². The molecule has 0 spiro atoms. The van der Waals surface area contributed by atoms with E-state index >= 15 is 0 Å². The van der Waals surface area contributed by atoms with Crippen LogP contribution >= 0.6 is 0 Å². The number of aryl methyl sites for hydroxylation is 1. The summed E-state index contributed by atoms with van der Waals surface area (Å²) in [5.74, 6) is 0. The third-order valence-electron chi connectivity index (χ3n) is 2.18. The van der Waals surface area contributed by atoms with Crippen LogP contribution in [0, 0.1) is 19.7 Å². The van der Waals surface area contributed by atoms with Crippen molar-refractivity contribution in [1.29, 1.82) is 0 Å². The smallest absolute Gasteiger partial charge is 0 e. The number of para-hydroxylation sites is 1. The maximum atomic E-state index is 5.45. The third-order valence-corrected chi connectivity index (χ3v) is 2.18. The monoisotopic (exact) mass is 256 g/mol. The van der Waals surface area contributed by atoms with Gasteiger partial charge in [0, 0.05) is 32.7 Å². The molecule has 0 amide bonds. The molecule has 0 atom stereocenters. The number of rotatable bonds is 1. The molecule has 0 unspecified atom stereocenters. The van der Waals surface area contributed by atoms with Crippen molar-refractivity contribution < 1.29 is 32.7 Å². The summed E-state index contributed by atoms with van der Waals surface area (Å²) in [7, 11) is 0. The largest absolute Gasteiger partial charge is 0.372 e. The molecular formula is C12H9NY-2. The van der Waals surface area contributed by atoms with E-state index in [1.807, 2.05) is 31.2 Å². The van der Waals surface area contributed by atoms with Crippen molar-refractivity contribution in [3.05, 3.63) is 48.2 Å². The SMILES string of the molecule is [CH-]=Cc1[c-]nc2ccccc2c1C.[Y]. The predicted molar refractivity (Wildman–Crippen MR) is 54.1 cm³/mol. The molecule has 1 nitrogen and oxygen atoms in total. The van der Waals surface area contributed by atoms with Crippen molar-refractivity contribution in [2.24, 2.45) is 0 Å². The van der Waals surface area contributed by atoms with Crippen molar-refractivity contribution in [2.75, 3.05) is 0 Å². The number of nitrogens with zero attached hydrogens (tertiary/aromatic N) is 1. The summed E-state index contributed by atoms with van der Waals surface area (Å²) in [6, 6.07) is 7.98. The van der Waals surface area contributed by atoms with Crippen LogP contribution in [0.2, 0.25) is 0 Å². The second-order valence-corrected chi connectivity index (χ2v) is 2.95. The first-order chi connectivity index (χ1) is 6.33. The van der Waals surface area contributed by atoms with Crippen LogP contribution in [-0.4, -0.2) is 4.98 Å². The quantitative estimate of drug-likeness (QED) is 0.715. The van der Waals surface area contributed by atoms with Crippen molar-refractivity contribution in [1.82, 2.24) is 4.98 Å². The van der Waals surface area contributed by atoms with E-state index in [0.29, 0.717) is 0 Å². The van der Waals surface area contributed by atoms with E-state index in [2.05, 4.69) is 11.2 Å². The molecule has 1 aromatic carbocycles. The molecule has 0 N–H and O–H groups in total. The predicted octanol–water partition coefficient (Wildman–Crippen LogP) is 2.79. The van der Waals surface area contributed by atoms with Gasteiger partial charge in [-0.15, -0.1) is 6.20 Å². The Morgan fingerprint density at radius 2 is 2.07 bits per heavy atom. The van der Waals surface area contributed by atoms with E-state index in [0.717, 1.165) is 22.0 Å². The molecule has 0 saturated heterocycles. The first-order valence-electron chi connectivity index (χ1n) is 4.15. The minimum Gasteiger partial charge on any atom is -0.372 e. The number of fused-ring (bicyclic) bond motifs is 1. The Morgan fingerprint density at radius 1 is 1.36 bits per heavy atom. The zero-order valence-electron chi connectivity index (χ0n) is 7.99. The van der Waals surface area contributed by atoms with Gasteiger partial charge in [-0.3, -0.25) is 5.56 Å². The molecule has 2 aromatic rings. The van der Waals surface area contributed by atoms with Gasteiger partial charge in [-0.25, -0.2) is 5.56 Å². The van der Waals surface area contributed by atoms with Crippen LogP contribution in [0.15, 0.2) is 24.3 Å². The van der Waals surface area contributed by atoms with Gasteiger partial charge >= 0.3 is 0 Å². The molecule has 0 aliphatic rings. The Morgan fingerprint density at radius 3 is 2.79 bits per heavy atom. The summed E-state index contributed by atoms with van der Waals surface area (Å²) in [4.78, 5) is 4.18. The zero-order valence-corrected chi connectivity index (χ0v) is 10.8. The van der Waals surface area contributed by atoms with Crippen molar-refractivity contribution >= 4 is 17.0 Å². The van der Waals surface area contributed by atoms with Gasteiger partial charge in [-0.1, -0.05) is 36.6 Å².